The Hall–Kier alpha value is -2.34. The molecule has 0 saturated heterocycles. The number of fused-ring (bicyclic) bond motifs is 2. The molecule has 26 heavy (non-hydrogen) atoms. The third-order valence-electron chi connectivity index (χ3n) is 4.50. The molecule has 0 fully saturated rings. The molecule has 136 valence electrons. The maximum Gasteiger partial charge on any atom is 0.261 e. The normalized spacial score (nSPS) is 13.0. The molecule has 0 aliphatic carbocycles. The van der Waals surface area contributed by atoms with Gasteiger partial charge in [-0.25, -0.2) is 4.98 Å². The summed E-state index contributed by atoms with van der Waals surface area (Å²) in [6.07, 6.45) is 2.79. The number of aromatic nitrogens is 1. The summed E-state index contributed by atoms with van der Waals surface area (Å²) in [6.45, 7) is 5.92. The lowest BCUT2D eigenvalue weighted by atomic mass is 10.2. The minimum atomic E-state index is -0.0548. The molecule has 1 aliphatic rings. The van der Waals surface area contributed by atoms with Crippen molar-refractivity contribution in [1.82, 2.24) is 9.88 Å². The highest BCUT2D eigenvalue weighted by Crippen LogP contribution is 2.40. The summed E-state index contributed by atoms with van der Waals surface area (Å²) in [7, 11) is 0. The van der Waals surface area contributed by atoms with E-state index in [1.54, 1.807) is 17.2 Å². The molecule has 5 nitrogen and oxygen atoms in total. The van der Waals surface area contributed by atoms with Gasteiger partial charge in [-0.05, 0) is 44.5 Å². The minimum Gasteiger partial charge on any atom is -0.343 e. The van der Waals surface area contributed by atoms with Gasteiger partial charge in [0.05, 0.1) is 11.3 Å². The zero-order valence-electron chi connectivity index (χ0n) is 15.1. The summed E-state index contributed by atoms with van der Waals surface area (Å²) in [6, 6.07) is 11.5. The molecule has 0 spiro atoms. The number of anilines is 1. The maximum absolute atomic E-state index is 13.1. The molecule has 0 saturated carbocycles. The van der Waals surface area contributed by atoms with E-state index in [-0.39, 0.29) is 11.8 Å². The monoisotopic (exact) mass is 369 g/mol. The van der Waals surface area contributed by atoms with E-state index in [4.69, 9.17) is 0 Å². The van der Waals surface area contributed by atoms with Gasteiger partial charge in [-0.15, -0.1) is 0 Å². The summed E-state index contributed by atoms with van der Waals surface area (Å²) in [4.78, 5) is 34.3. The predicted molar refractivity (Wildman–Crippen MR) is 104 cm³/mol. The molecule has 0 bridgehead atoms. The van der Waals surface area contributed by atoms with E-state index in [0.29, 0.717) is 24.9 Å². The molecule has 0 unspecified atom stereocenters. The summed E-state index contributed by atoms with van der Waals surface area (Å²) in [5.74, 6) is 0.0860. The molecule has 3 rings (SSSR count). The molecular formula is C20H23N3O2S. The van der Waals surface area contributed by atoms with E-state index in [0.717, 1.165) is 28.7 Å². The second kappa shape index (κ2) is 8.36. The first-order valence-electron chi connectivity index (χ1n) is 8.97. The van der Waals surface area contributed by atoms with E-state index < -0.39 is 0 Å². The van der Waals surface area contributed by atoms with Gasteiger partial charge in [0.1, 0.15) is 5.03 Å². The number of para-hydroxylation sites is 1. The van der Waals surface area contributed by atoms with Gasteiger partial charge in [0, 0.05) is 37.1 Å². The van der Waals surface area contributed by atoms with Gasteiger partial charge in [0.2, 0.25) is 5.91 Å². The first-order valence-corrected chi connectivity index (χ1v) is 9.78. The van der Waals surface area contributed by atoms with Crippen molar-refractivity contribution >= 4 is 29.3 Å². The average Bonchev–Trinajstić information content (AvgIpc) is 2.78. The Kier molecular flexibility index (Phi) is 5.93. The highest BCUT2D eigenvalue weighted by molar-refractivity contribution is 7.99. The van der Waals surface area contributed by atoms with Crippen molar-refractivity contribution in [3.63, 3.8) is 0 Å². The molecule has 1 aliphatic heterocycles. The zero-order chi connectivity index (χ0) is 18.5. The predicted octanol–water partition coefficient (Wildman–Crippen LogP) is 3.84. The van der Waals surface area contributed by atoms with Gasteiger partial charge in [0.25, 0.3) is 5.91 Å². The Morgan fingerprint density at radius 3 is 2.69 bits per heavy atom. The molecule has 2 aromatic rings. The Bertz CT molecular complexity index is 805. The highest BCUT2D eigenvalue weighted by Gasteiger charge is 2.27. The van der Waals surface area contributed by atoms with Crippen LogP contribution in [0.1, 0.15) is 37.0 Å². The standard InChI is InChI=1S/C20H23N3O2S/c1-3-22(4-2)18(24)12-8-14-23-16-10-5-6-11-17(16)26-19-15(20(23)25)9-7-13-21-19/h5-7,9-11,13H,3-4,8,12,14H2,1-2H3. The number of hydrogen-bond donors (Lipinski definition) is 0. The SMILES string of the molecule is CCN(CC)C(=O)CCCN1C(=O)c2cccnc2Sc2ccccc21. The molecule has 1 aromatic carbocycles. The quantitative estimate of drug-likeness (QED) is 0.776. The van der Waals surface area contributed by atoms with Gasteiger partial charge in [-0.2, -0.15) is 0 Å². The Balaban J connectivity index is 1.81. The average molecular weight is 369 g/mol. The summed E-state index contributed by atoms with van der Waals surface area (Å²) < 4.78 is 0. The second-order valence-corrected chi connectivity index (χ2v) is 7.08. The summed E-state index contributed by atoms with van der Waals surface area (Å²) in [5, 5.41) is 0.728. The molecule has 0 radical (unpaired) electrons. The topological polar surface area (TPSA) is 53.5 Å². The Labute approximate surface area is 158 Å². The van der Waals surface area contributed by atoms with Gasteiger partial charge >= 0.3 is 0 Å². The fourth-order valence-corrected chi connectivity index (χ4v) is 4.12. The number of benzene rings is 1. The van der Waals surface area contributed by atoms with E-state index >= 15 is 0 Å². The van der Waals surface area contributed by atoms with Crippen LogP contribution in [0.4, 0.5) is 5.69 Å². The molecule has 0 N–H and O–H groups in total. The number of carbonyl (C=O) groups excluding carboxylic acids is 2. The summed E-state index contributed by atoms with van der Waals surface area (Å²) in [5.41, 5.74) is 1.50. The van der Waals surface area contributed by atoms with Crippen molar-refractivity contribution in [2.75, 3.05) is 24.5 Å². The maximum atomic E-state index is 13.1. The minimum absolute atomic E-state index is 0.0548. The fraction of sp³-hybridized carbons (Fsp3) is 0.350. The van der Waals surface area contributed by atoms with E-state index in [1.165, 1.54) is 11.8 Å². The van der Waals surface area contributed by atoms with Crippen molar-refractivity contribution in [3.05, 3.63) is 48.2 Å². The van der Waals surface area contributed by atoms with Crippen LogP contribution in [-0.2, 0) is 4.79 Å². The summed E-state index contributed by atoms with van der Waals surface area (Å²) >= 11 is 1.51. The van der Waals surface area contributed by atoms with Crippen LogP contribution in [0.3, 0.4) is 0 Å². The molecular weight excluding hydrogens is 346 g/mol. The van der Waals surface area contributed by atoms with Crippen LogP contribution in [0.25, 0.3) is 0 Å². The van der Waals surface area contributed by atoms with Gasteiger partial charge in [-0.1, -0.05) is 23.9 Å². The Morgan fingerprint density at radius 2 is 1.92 bits per heavy atom. The van der Waals surface area contributed by atoms with Gasteiger partial charge in [0.15, 0.2) is 0 Å². The highest BCUT2D eigenvalue weighted by atomic mass is 32.2. The van der Waals surface area contributed by atoms with Crippen molar-refractivity contribution in [2.45, 2.75) is 36.6 Å². The molecule has 6 heteroatoms. The number of carbonyl (C=O) groups is 2. The van der Waals surface area contributed by atoms with E-state index in [2.05, 4.69) is 4.98 Å². The van der Waals surface area contributed by atoms with Crippen molar-refractivity contribution < 1.29 is 9.59 Å². The lowest BCUT2D eigenvalue weighted by molar-refractivity contribution is -0.130. The lowest BCUT2D eigenvalue weighted by Gasteiger charge is -2.24. The lowest BCUT2D eigenvalue weighted by Crippen LogP contribution is -2.34. The Morgan fingerprint density at radius 1 is 1.15 bits per heavy atom. The second-order valence-electron chi connectivity index (χ2n) is 6.05. The number of rotatable bonds is 6. The van der Waals surface area contributed by atoms with Crippen molar-refractivity contribution in [1.29, 1.82) is 0 Å². The van der Waals surface area contributed by atoms with Crippen LogP contribution in [0, 0.1) is 0 Å². The number of pyridine rings is 1. The molecule has 2 amide bonds. The van der Waals surface area contributed by atoms with Crippen LogP contribution in [0.15, 0.2) is 52.5 Å². The van der Waals surface area contributed by atoms with Crippen LogP contribution >= 0.6 is 11.8 Å². The van der Waals surface area contributed by atoms with Crippen LogP contribution in [-0.4, -0.2) is 41.3 Å². The molecule has 0 atom stereocenters. The van der Waals surface area contributed by atoms with Crippen molar-refractivity contribution in [2.24, 2.45) is 0 Å². The smallest absolute Gasteiger partial charge is 0.261 e. The third kappa shape index (κ3) is 3.75. The van der Waals surface area contributed by atoms with Crippen LogP contribution < -0.4 is 4.90 Å². The molecule has 1 aromatic heterocycles. The molecule has 2 heterocycles. The third-order valence-corrected chi connectivity index (χ3v) is 5.58. The van der Waals surface area contributed by atoms with Gasteiger partial charge in [-0.3, -0.25) is 9.59 Å². The van der Waals surface area contributed by atoms with Gasteiger partial charge < -0.3 is 9.80 Å². The number of hydrogen-bond acceptors (Lipinski definition) is 4. The van der Waals surface area contributed by atoms with Crippen LogP contribution in [0.2, 0.25) is 0 Å². The van der Waals surface area contributed by atoms with Crippen molar-refractivity contribution in [3.8, 4) is 0 Å². The largest absolute Gasteiger partial charge is 0.343 e. The van der Waals surface area contributed by atoms with E-state index in [9.17, 15) is 9.59 Å². The fourth-order valence-electron chi connectivity index (χ4n) is 3.11. The first kappa shape index (κ1) is 18.5. The first-order chi connectivity index (χ1) is 12.7. The van der Waals surface area contributed by atoms with E-state index in [1.807, 2.05) is 49.1 Å². The number of nitrogens with zero attached hydrogens (tertiary/aromatic N) is 3. The van der Waals surface area contributed by atoms with Crippen LogP contribution in [0.5, 0.6) is 0 Å². The number of amides is 2. The zero-order valence-corrected chi connectivity index (χ0v) is 16.0.